The molecular weight excluding hydrogens is 258 g/mol. The number of rotatable bonds is 5. The third-order valence-corrected chi connectivity index (χ3v) is 3.42. The van der Waals surface area contributed by atoms with Crippen molar-refractivity contribution in [3.63, 3.8) is 0 Å². The number of alkyl halides is 2. The zero-order chi connectivity index (χ0) is 14.2. The lowest BCUT2D eigenvalue weighted by atomic mass is 9.82. The van der Waals surface area contributed by atoms with Crippen molar-refractivity contribution in [2.75, 3.05) is 6.61 Å². The van der Waals surface area contributed by atoms with Crippen molar-refractivity contribution in [2.24, 2.45) is 0 Å². The predicted molar refractivity (Wildman–Crippen MR) is 62.7 cm³/mol. The molecule has 0 aromatic heterocycles. The molecule has 1 aromatic rings. The summed E-state index contributed by atoms with van der Waals surface area (Å²) in [4.78, 5) is 0. The molecule has 0 radical (unpaired) electrons. The van der Waals surface area contributed by atoms with Gasteiger partial charge >= 0.3 is 0 Å². The van der Waals surface area contributed by atoms with E-state index in [1.807, 2.05) is 0 Å². The highest BCUT2D eigenvalue weighted by Crippen LogP contribution is 2.44. The smallest absolute Gasteiger partial charge is 0.277 e. The van der Waals surface area contributed by atoms with Gasteiger partial charge in [0.05, 0.1) is 18.8 Å². The Morgan fingerprint density at radius 1 is 1.16 bits per heavy atom. The first-order valence-corrected chi connectivity index (χ1v) is 6.01. The topological polar surface area (TPSA) is 80.9 Å². The molecule has 1 aliphatic carbocycles. The van der Waals surface area contributed by atoms with Gasteiger partial charge in [-0.25, -0.2) is 8.78 Å². The largest absolute Gasteiger partial charge is 0.394 e. The maximum atomic E-state index is 13.1. The average molecular weight is 274 g/mol. The molecule has 0 spiro atoms. The van der Waals surface area contributed by atoms with Crippen LogP contribution in [-0.4, -0.2) is 39.2 Å². The number of aliphatic hydroxyl groups is 4. The monoisotopic (exact) mass is 274 g/mol. The van der Waals surface area contributed by atoms with Crippen molar-refractivity contribution in [3.05, 3.63) is 34.9 Å². The molecule has 0 saturated carbocycles. The number of benzene rings is 1. The predicted octanol–water partition coefficient (Wildman–Crippen LogP) is 0.472. The normalized spacial score (nSPS) is 21.2. The summed E-state index contributed by atoms with van der Waals surface area (Å²) in [6.45, 7) is -0.607. The molecule has 0 aliphatic heterocycles. The van der Waals surface area contributed by atoms with E-state index in [1.54, 1.807) is 0 Å². The maximum absolute atomic E-state index is 13.1. The Labute approximate surface area is 108 Å². The quantitative estimate of drug-likeness (QED) is 0.629. The average Bonchev–Trinajstić information content (AvgIpc) is 2.35. The molecule has 6 heteroatoms. The van der Waals surface area contributed by atoms with E-state index in [2.05, 4.69) is 0 Å². The molecule has 2 rings (SSSR count). The van der Waals surface area contributed by atoms with E-state index in [9.17, 15) is 24.1 Å². The minimum Gasteiger partial charge on any atom is -0.394 e. The third kappa shape index (κ3) is 2.76. The van der Waals surface area contributed by atoms with E-state index in [4.69, 9.17) is 5.11 Å². The Bertz CT molecular complexity index is 464. The molecule has 4 N–H and O–H groups in total. The summed E-state index contributed by atoms with van der Waals surface area (Å²) in [5.41, 5.74) is 0.872. The second-order valence-electron chi connectivity index (χ2n) is 4.87. The zero-order valence-electron chi connectivity index (χ0n) is 10.1. The van der Waals surface area contributed by atoms with Crippen molar-refractivity contribution >= 4 is 0 Å². The van der Waals surface area contributed by atoms with Gasteiger partial charge in [0.25, 0.3) is 5.92 Å². The Hall–Kier alpha value is -1.08. The molecular formula is C13H16F2O4. The van der Waals surface area contributed by atoms with Crippen LogP contribution in [0.5, 0.6) is 0 Å². The van der Waals surface area contributed by atoms with Crippen LogP contribution in [-0.2, 0) is 12.3 Å². The van der Waals surface area contributed by atoms with Gasteiger partial charge in [-0.1, -0.05) is 18.2 Å². The summed E-state index contributed by atoms with van der Waals surface area (Å²) in [7, 11) is 0. The molecule has 0 amide bonds. The summed E-state index contributed by atoms with van der Waals surface area (Å²) < 4.78 is 26.1. The first-order chi connectivity index (χ1) is 8.85. The van der Waals surface area contributed by atoms with E-state index < -0.39 is 30.8 Å². The van der Waals surface area contributed by atoms with Crippen LogP contribution in [0.25, 0.3) is 0 Å². The molecule has 106 valence electrons. The Balaban J connectivity index is 2.05. The summed E-state index contributed by atoms with van der Waals surface area (Å²) in [6, 6.07) is 4.14. The summed E-state index contributed by atoms with van der Waals surface area (Å²) in [6.07, 6.45) is -4.18. The molecule has 4 nitrogen and oxygen atoms in total. The molecule has 0 bridgehead atoms. The van der Waals surface area contributed by atoms with E-state index in [0.717, 1.165) is 0 Å². The molecule has 19 heavy (non-hydrogen) atoms. The lowest BCUT2D eigenvalue weighted by Crippen LogP contribution is -2.31. The van der Waals surface area contributed by atoms with Crippen LogP contribution in [0, 0.1) is 0 Å². The molecule has 1 aliphatic rings. The van der Waals surface area contributed by atoms with E-state index in [-0.39, 0.29) is 18.4 Å². The number of aliphatic hydroxyl groups excluding tert-OH is 4. The lowest BCUT2D eigenvalue weighted by molar-refractivity contribution is -0.0375. The van der Waals surface area contributed by atoms with Crippen LogP contribution in [0.2, 0.25) is 0 Å². The zero-order valence-corrected chi connectivity index (χ0v) is 10.1. The molecule has 3 atom stereocenters. The second-order valence-corrected chi connectivity index (χ2v) is 4.87. The third-order valence-electron chi connectivity index (χ3n) is 3.42. The number of hydrogen-bond acceptors (Lipinski definition) is 4. The Morgan fingerprint density at radius 2 is 1.84 bits per heavy atom. The maximum Gasteiger partial charge on any atom is 0.277 e. The molecule has 0 saturated heterocycles. The lowest BCUT2D eigenvalue weighted by Gasteiger charge is -2.30. The van der Waals surface area contributed by atoms with Gasteiger partial charge in [0.15, 0.2) is 0 Å². The van der Waals surface area contributed by atoms with Gasteiger partial charge in [0, 0.05) is 18.4 Å². The van der Waals surface area contributed by atoms with Crippen molar-refractivity contribution < 1.29 is 29.2 Å². The molecule has 3 unspecified atom stereocenters. The highest BCUT2D eigenvalue weighted by atomic mass is 19.3. The van der Waals surface area contributed by atoms with Gasteiger partial charge in [-0.05, 0) is 11.1 Å². The van der Waals surface area contributed by atoms with Gasteiger partial charge in [-0.3, -0.25) is 0 Å². The Kier molecular flexibility index (Phi) is 3.87. The van der Waals surface area contributed by atoms with Crippen molar-refractivity contribution in [1.29, 1.82) is 0 Å². The SMILES string of the molecule is OCC(O)C(O)CC(O)c1ccc2c(c1)CC2(F)F. The van der Waals surface area contributed by atoms with Crippen LogP contribution in [0.15, 0.2) is 18.2 Å². The van der Waals surface area contributed by atoms with E-state index >= 15 is 0 Å². The van der Waals surface area contributed by atoms with Crippen molar-refractivity contribution in [2.45, 2.75) is 37.1 Å². The second kappa shape index (κ2) is 5.13. The first kappa shape index (κ1) is 14.3. The number of halogens is 2. The van der Waals surface area contributed by atoms with Crippen molar-refractivity contribution in [3.8, 4) is 0 Å². The molecule has 1 aromatic carbocycles. The summed E-state index contributed by atoms with van der Waals surface area (Å²) in [5.74, 6) is -2.79. The van der Waals surface area contributed by atoms with Crippen LogP contribution >= 0.6 is 0 Å². The fourth-order valence-electron chi connectivity index (χ4n) is 2.20. The molecule has 0 fully saturated rings. The Morgan fingerprint density at radius 3 is 2.37 bits per heavy atom. The first-order valence-electron chi connectivity index (χ1n) is 6.01. The minimum atomic E-state index is -2.79. The number of hydrogen-bond donors (Lipinski definition) is 4. The fourth-order valence-corrected chi connectivity index (χ4v) is 2.20. The summed E-state index contributed by atoms with van der Waals surface area (Å²) >= 11 is 0. The highest BCUT2D eigenvalue weighted by Gasteiger charge is 2.43. The van der Waals surface area contributed by atoms with Gasteiger partial charge in [0.1, 0.15) is 6.10 Å². The van der Waals surface area contributed by atoms with Gasteiger partial charge in [-0.2, -0.15) is 0 Å². The van der Waals surface area contributed by atoms with E-state index in [0.29, 0.717) is 11.1 Å². The minimum absolute atomic E-state index is 0.0283. The number of fused-ring (bicyclic) bond motifs is 1. The van der Waals surface area contributed by atoms with Crippen LogP contribution in [0.1, 0.15) is 29.2 Å². The van der Waals surface area contributed by atoms with Crippen LogP contribution in [0.4, 0.5) is 8.78 Å². The fraction of sp³-hybridized carbons (Fsp3) is 0.538. The summed E-state index contributed by atoms with van der Waals surface area (Å²) in [5, 5.41) is 37.2. The van der Waals surface area contributed by atoms with Gasteiger partial charge in [-0.15, -0.1) is 0 Å². The van der Waals surface area contributed by atoms with Gasteiger partial charge < -0.3 is 20.4 Å². The van der Waals surface area contributed by atoms with Crippen molar-refractivity contribution in [1.82, 2.24) is 0 Å². The van der Waals surface area contributed by atoms with Crippen LogP contribution < -0.4 is 0 Å². The molecule has 0 heterocycles. The van der Waals surface area contributed by atoms with Gasteiger partial charge in [0.2, 0.25) is 0 Å². The highest BCUT2D eigenvalue weighted by molar-refractivity contribution is 5.43. The van der Waals surface area contributed by atoms with E-state index in [1.165, 1.54) is 18.2 Å². The standard InChI is InChI=1S/C13H16F2O4/c14-13(15)5-8-3-7(1-2-9(8)13)10(17)4-11(18)12(19)6-16/h1-3,10-12,16-19H,4-6H2. The van der Waals surface area contributed by atoms with Crippen LogP contribution in [0.3, 0.4) is 0 Å².